The molecule has 1 heterocycles. The average Bonchev–Trinajstić information content (AvgIpc) is 2.61. The van der Waals surface area contributed by atoms with Crippen molar-refractivity contribution in [3.63, 3.8) is 0 Å². The second-order valence-corrected chi connectivity index (χ2v) is 3.78. The molecule has 1 N–H and O–H groups in total. The Morgan fingerprint density at radius 2 is 2.33 bits per heavy atom. The summed E-state index contributed by atoms with van der Waals surface area (Å²) in [6.07, 6.45) is 5.29. The highest BCUT2D eigenvalue weighted by Gasteiger charge is 2.06. The van der Waals surface area contributed by atoms with E-state index < -0.39 is 5.97 Å². The zero-order valence-corrected chi connectivity index (χ0v) is 9.27. The van der Waals surface area contributed by atoms with E-state index in [2.05, 4.69) is 18.8 Å². The molecule has 82 valence electrons. The molecule has 1 rings (SSSR count). The Kier molecular flexibility index (Phi) is 3.66. The number of imidazole rings is 1. The normalized spacial score (nSPS) is 12.1. The minimum absolute atomic E-state index is 0.346. The smallest absolute Gasteiger partial charge is 0.331 e. The largest absolute Gasteiger partial charge is 0.478 e. The topological polar surface area (TPSA) is 55.1 Å². The molecule has 0 radical (unpaired) electrons. The molecule has 4 nitrogen and oxygen atoms in total. The van der Waals surface area contributed by atoms with Gasteiger partial charge in [-0.05, 0) is 6.92 Å². The van der Waals surface area contributed by atoms with Gasteiger partial charge in [0.05, 0.1) is 0 Å². The molecule has 0 bridgehead atoms. The molecule has 0 aliphatic carbocycles. The molecule has 1 aromatic rings. The van der Waals surface area contributed by atoms with Crippen LogP contribution in [0.2, 0.25) is 0 Å². The van der Waals surface area contributed by atoms with Gasteiger partial charge in [0, 0.05) is 30.4 Å². The summed E-state index contributed by atoms with van der Waals surface area (Å²) >= 11 is 0. The van der Waals surface area contributed by atoms with E-state index in [4.69, 9.17) is 5.11 Å². The summed E-state index contributed by atoms with van der Waals surface area (Å²) in [5, 5.41) is 8.70. The first-order chi connectivity index (χ1) is 7.02. The Labute approximate surface area is 89.3 Å². The Morgan fingerprint density at radius 3 is 2.87 bits per heavy atom. The van der Waals surface area contributed by atoms with Crippen molar-refractivity contribution < 1.29 is 9.90 Å². The molecule has 0 saturated carbocycles. The van der Waals surface area contributed by atoms with Crippen molar-refractivity contribution in [3.8, 4) is 0 Å². The number of carboxylic acid groups (broad SMARTS) is 1. The van der Waals surface area contributed by atoms with Crippen molar-refractivity contribution in [3.05, 3.63) is 29.9 Å². The first-order valence-electron chi connectivity index (χ1n) is 4.93. The number of hydrogen-bond donors (Lipinski definition) is 1. The van der Waals surface area contributed by atoms with E-state index in [1.807, 2.05) is 10.8 Å². The quantitative estimate of drug-likeness (QED) is 0.770. The fourth-order valence-corrected chi connectivity index (χ4v) is 1.30. The zero-order valence-electron chi connectivity index (χ0n) is 9.27. The number of allylic oxidation sites excluding steroid dienone is 1. The molecule has 1 aromatic heterocycles. The second kappa shape index (κ2) is 4.77. The summed E-state index contributed by atoms with van der Waals surface area (Å²) < 4.78 is 1.96. The Morgan fingerprint density at radius 1 is 1.67 bits per heavy atom. The van der Waals surface area contributed by atoms with Gasteiger partial charge in [-0.2, -0.15) is 0 Å². The van der Waals surface area contributed by atoms with Gasteiger partial charge in [-0.3, -0.25) is 0 Å². The van der Waals surface area contributed by atoms with Gasteiger partial charge in [0.2, 0.25) is 0 Å². The fourth-order valence-electron chi connectivity index (χ4n) is 1.30. The number of hydrogen-bond acceptors (Lipinski definition) is 2. The van der Waals surface area contributed by atoms with Crippen molar-refractivity contribution in [1.29, 1.82) is 0 Å². The zero-order chi connectivity index (χ0) is 11.4. The highest BCUT2D eigenvalue weighted by Crippen LogP contribution is 2.11. The molecule has 0 spiro atoms. The summed E-state index contributed by atoms with van der Waals surface area (Å²) in [5.41, 5.74) is 0.360. The van der Waals surface area contributed by atoms with Crippen molar-refractivity contribution in [2.75, 3.05) is 0 Å². The maximum absolute atomic E-state index is 10.6. The molecule has 0 aliphatic heterocycles. The summed E-state index contributed by atoms with van der Waals surface area (Å²) in [4.78, 5) is 14.8. The van der Waals surface area contributed by atoms with Gasteiger partial charge in [0.25, 0.3) is 0 Å². The van der Waals surface area contributed by atoms with Gasteiger partial charge in [0.1, 0.15) is 5.82 Å². The van der Waals surface area contributed by atoms with Crippen LogP contribution < -0.4 is 0 Å². The molecule has 0 fully saturated rings. The molecular weight excluding hydrogens is 192 g/mol. The Bertz CT molecular complexity index is 378. The lowest BCUT2D eigenvalue weighted by molar-refractivity contribution is -0.132. The van der Waals surface area contributed by atoms with Crippen LogP contribution >= 0.6 is 0 Å². The van der Waals surface area contributed by atoms with E-state index in [-0.39, 0.29) is 0 Å². The minimum Gasteiger partial charge on any atom is -0.478 e. The minimum atomic E-state index is -0.874. The van der Waals surface area contributed by atoms with Gasteiger partial charge < -0.3 is 9.67 Å². The third kappa shape index (κ3) is 2.94. The molecule has 15 heavy (non-hydrogen) atoms. The summed E-state index contributed by atoms with van der Waals surface area (Å²) in [5.74, 6) is 0.448. The van der Waals surface area contributed by atoms with E-state index in [0.29, 0.717) is 18.0 Å². The van der Waals surface area contributed by atoms with E-state index in [1.54, 1.807) is 19.2 Å². The highest BCUT2D eigenvalue weighted by molar-refractivity contribution is 5.85. The molecular formula is C11H16N2O2. The molecule has 4 heteroatoms. The standard InChI is InChI=1S/C11H16N2O2/c1-8(2)10-12-5-7-13(10)6-4-9(3)11(14)15/h4-5,7-8H,6H2,1-3H3,(H,14,15). The van der Waals surface area contributed by atoms with E-state index in [9.17, 15) is 4.79 Å². The lowest BCUT2D eigenvalue weighted by atomic mass is 10.2. The number of nitrogens with zero attached hydrogens (tertiary/aromatic N) is 2. The third-order valence-corrected chi connectivity index (χ3v) is 2.20. The Balaban J connectivity index is 2.77. The molecule has 0 aliphatic rings. The van der Waals surface area contributed by atoms with Crippen LogP contribution in [-0.4, -0.2) is 20.6 Å². The van der Waals surface area contributed by atoms with Crippen LogP contribution in [0, 0.1) is 0 Å². The predicted molar refractivity (Wildman–Crippen MR) is 57.7 cm³/mol. The van der Waals surface area contributed by atoms with Crippen LogP contribution in [-0.2, 0) is 11.3 Å². The second-order valence-electron chi connectivity index (χ2n) is 3.78. The first kappa shape index (κ1) is 11.5. The molecule has 0 unspecified atom stereocenters. The third-order valence-electron chi connectivity index (χ3n) is 2.20. The molecule has 0 atom stereocenters. The van der Waals surface area contributed by atoms with Crippen molar-refractivity contribution in [2.24, 2.45) is 0 Å². The highest BCUT2D eigenvalue weighted by atomic mass is 16.4. The number of rotatable bonds is 4. The van der Waals surface area contributed by atoms with Crippen LogP contribution in [0.3, 0.4) is 0 Å². The molecule has 0 amide bonds. The van der Waals surface area contributed by atoms with Crippen molar-refractivity contribution in [2.45, 2.75) is 33.2 Å². The van der Waals surface area contributed by atoms with Crippen LogP contribution in [0.1, 0.15) is 32.5 Å². The van der Waals surface area contributed by atoms with Crippen LogP contribution in [0.25, 0.3) is 0 Å². The van der Waals surface area contributed by atoms with Crippen LogP contribution in [0.4, 0.5) is 0 Å². The SMILES string of the molecule is CC(=CCn1ccnc1C(C)C)C(=O)O. The lowest BCUT2D eigenvalue weighted by Crippen LogP contribution is -2.05. The van der Waals surface area contributed by atoms with Gasteiger partial charge in [-0.15, -0.1) is 0 Å². The Hall–Kier alpha value is -1.58. The van der Waals surface area contributed by atoms with E-state index in [0.717, 1.165) is 5.82 Å². The summed E-state index contributed by atoms with van der Waals surface area (Å²) in [6, 6.07) is 0. The molecule has 0 aromatic carbocycles. The predicted octanol–water partition coefficient (Wildman–Crippen LogP) is 2.04. The maximum atomic E-state index is 10.6. The van der Waals surface area contributed by atoms with Gasteiger partial charge in [0.15, 0.2) is 0 Å². The maximum Gasteiger partial charge on any atom is 0.331 e. The monoisotopic (exact) mass is 208 g/mol. The number of aromatic nitrogens is 2. The van der Waals surface area contributed by atoms with E-state index in [1.165, 1.54) is 0 Å². The number of carboxylic acids is 1. The van der Waals surface area contributed by atoms with Crippen molar-refractivity contribution >= 4 is 5.97 Å². The van der Waals surface area contributed by atoms with Gasteiger partial charge >= 0.3 is 5.97 Å². The number of aliphatic carboxylic acids is 1. The average molecular weight is 208 g/mol. The van der Waals surface area contributed by atoms with Crippen molar-refractivity contribution in [1.82, 2.24) is 9.55 Å². The molecule has 0 saturated heterocycles. The summed E-state index contributed by atoms with van der Waals surface area (Å²) in [7, 11) is 0. The van der Waals surface area contributed by atoms with Crippen LogP contribution in [0.5, 0.6) is 0 Å². The van der Waals surface area contributed by atoms with Gasteiger partial charge in [-0.25, -0.2) is 9.78 Å². The lowest BCUT2D eigenvalue weighted by Gasteiger charge is -2.07. The summed E-state index contributed by atoms with van der Waals surface area (Å²) in [6.45, 7) is 6.28. The fraction of sp³-hybridized carbons (Fsp3) is 0.455. The number of carbonyl (C=O) groups is 1. The van der Waals surface area contributed by atoms with Gasteiger partial charge in [-0.1, -0.05) is 19.9 Å². The van der Waals surface area contributed by atoms with E-state index >= 15 is 0 Å². The van der Waals surface area contributed by atoms with Crippen LogP contribution in [0.15, 0.2) is 24.0 Å². The first-order valence-corrected chi connectivity index (χ1v) is 4.93.